The molecule has 0 saturated carbocycles. The number of benzene rings is 3. The summed E-state index contributed by atoms with van der Waals surface area (Å²) in [4.78, 5) is 26.5. The van der Waals surface area contributed by atoms with E-state index in [1.807, 2.05) is 30.3 Å². The number of hydrogen-bond acceptors (Lipinski definition) is 7. The number of carbonyl (C=O) groups is 2. The van der Waals surface area contributed by atoms with E-state index < -0.39 is 16.0 Å². The van der Waals surface area contributed by atoms with Gasteiger partial charge in [0.2, 0.25) is 0 Å². The molecule has 1 aliphatic rings. The summed E-state index contributed by atoms with van der Waals surface area (Å²) in [7, 11) is -2.57. The van der Waals surface area contributed by atoms with Gasteiger partial charge in [0.25, 0.3) is 11.1 Å². The van der Waals surface area contributed by atoms with Gasteiger partial charge >= 0.3 is 10.1 Å². The molecule has 0 aromatic heterocycles. The zero-order valence-corrected chi connectivity index (χ0v) is 19.1. The highest BCUT2D eigenvalue weighted by molar-refractivity contribution is 8.18. The predicted molar refractivity (Wildman–Crippen MR) is 125 cm³/mol. The van der Waals surface area contributed by atoms with E-state index in [9.17, 15) is 18.0 Å². The van der Waals surface area contributed by atoms with Crippen molar-refractivity contribution < 1.29 is 26.9 Å². The maximum atomic E-state index is 12.8. The minimum absolute atomic E-state index is 0.0178. The van der Waals surface area contributed by atoms with Crippen LogP contribution in [0.1, 0.15) is 11.1 Å². The van der Waals surface area contributed by atoms with Gasteiger partial charge in [0, 0.05) is 0 Å². The van der Waals surface area contributed by atoms with Crippen molar-refractivity contribution >= 4 is 39.1 Å². The van der Waals surface area contributed by atoms with Gasteiger partial charge in [-0.15, -0.1) is 0 Å². The predicted octanol–water partition coefficient (Wildman–Crippen LogP) is 4.70. The van der Waals surface area contributed by atoms with Crippen molar-refractivity contribution in [3.63, 3.8) is 0 Å². The smallest absolute Gasteiger partial charge is 0.339 e. The summed E-state index contributed by atoms with van der Waals surface area (Å²) in [5.41, 5.74) is 1.38. The van der Waals surface area contributed by atoms with Crippen molar-refractivity contribution in [2.24, 2.45) is 0 Å². The number of nitrogens with zero attached hydrogens (tertiary/aromatic N) is 1. The number of ether oxygens (including phenoxy) is 1. The van der Waals surface area contributed by atoms with E-state index in [4.69, 9.17) is 8.92 Å². The van der Waals surface area contributed by atoms with Gasteiger partial charge < -0.3 is 8.92 Å². The van der Waals surface area contributed by atoms with E-state index in [1.54, 1.807) is 18.2 Å². The van der Waals surface area contributed by atoms with Crippen LogP contribution < -0.4 is 8.92 Å². The van der Waals surface area contributed by atoms with Crippen LogP contribution in [0, 0.1) is 0 Å². The van der Waals surface area contributed by atoms with Crippen molar-refractivity contribution in [1.29, 1.82) is 0 Å². The molecule has 3 aromatic carbocycles. The summed E-state index contributed by atoms with van der Waals surface area (Å²) >= 11 is 0.843. The molecule has 0 N–H and O–H groups in total. The maximum absolute atomic E-state index is 12.8. The molecular weight excluding hydrogens is 462 g/mol. The second-order valence-electron chi connectivity index (χ2n) is 7.04. The van der Waals surface area contributed by atoms with Crippen LogP contribution in [-0.4, -0.2) is 31.6 Å². The van der Waals surface area contributed by atoms with Gasteiger partial charge in [-0.25, -0.2) is 0 Å². The standard InChI is InChI=1S/C24H19NO6S2/c1-30-19-10-12-21(13-11-19)33(28,29)31-20-9-5-8-18(14-20)15-22-23(26)25(24(27)32-22)16-17-6-3-2-4-7-17/h2-15H,16H2,1H3/b22-15-. The highest BCUT2D eigenvalue weighted by Gasteiger charge is 2.35. The first kappa shape index (κ1) is 22.6. The van der Waals surface area contributed by atoms with Gasteiger partial charge in [-0.1, -0.05) is 42.5 Å². The van der Waals surface area contributed by atoms with Crippen LogP contribution in [0.5, 0.6) is 11.5 Å². The molecule has 0 spiro atoms. The van der Waals surface area contributed by atoms with Crippen LogP contribution in [0.3, 0.4) is 0 Å². The topological polar surface area (TPSA) is 90.0 Å². The van der Waals surface area contributed by atoms with Crippen molar-refractivity contribution in [2.75, 3.05) is 7.11 Å². The largest absolute Gasteiger partial charge is 0.497 e. The number of carbonyl (C=O) groups excluding carboxylic acids is 2. The molecule has 1 fully saturated rings. The monoisotopic (exact) mass is 481 g/mol. The van der Waals surface area contributed by atoms with Crippen molar-refractivity contribution in [3.05, 3.63) is 94.9 Å². The summed E-state index contributed by atoms with van der Waals surface area (Å²) in [5, 5.41) is -0.357. The van der Waals surface area contributed by atoms with Gasteiger partial charge in [-0.3, -0.25) is 14.5 Å². The zero-order chi connectivity index (χ0) is 23.4. The van der Waals surface area contributed by atoms with Gasteiger partial charge in [-0.05, 0) is 65.4 Å². The molecular formula is C24H19NO6S2. The lowest BCUT2D eigenvalue weighted by Gasteiger charge is -2.12. The van der Waals surface area contributed by atoms with Crippen LogP contribution >= 0.6 is 11.8 Å². The number of rotatable bonds is 7. The Balaban J connectivity index is 1.51. The highest BCUT2D eigenvalue weighted by atomic mass is 32.2. The maximum Gasteiger partial charge on any atom is 0.339 e. The summed E-state index contributed by atoms with van der Waals surface area (Å²) in [6.45, 7) is 0.187. The fourth-order valence-electron chi connectivity index (χ4n) is 3.13. The molecule has 3 aromatic rings. The van der Waals surface area contributed by atoms with Crippen molar-refractivity contribution in [3.8, 4) is 11.5 Å². The van der Waals surface area contributed by atoms with Crippen LogP contribution in [0.15, 0.2) is 88.7 Å². The molecule has 9 heteroatoms. The summed E-state index contributed by atoms with van der Waals surface area (Å²) in [5.74, 6) is 0.214. The summed E-state index contributed by atoms with van der Waals surface area (Å²) in [6.07, 6.45) is 1.54. The number of hydrogen-bond donors (Lipinski definition) is 0. The zero-order valence-electron chi connectivity index (χ0n) is 17.5. The molecule has 33 heavy (non-hydrogen) atoms. The number of thioether (sulfide) groups is 1. The second-order valence-corrected chi connectivity index (χ2v) is 9.58. The Morgan fingerprint density at radius 1 is 0.909 bits per heavy atom. The quantitative estimate of drug-likeness (QED) is 0.357. The van der Waals surface area contributed by atoms with E-state index in [1.165, 1.54) is 48.4 Å². The fraction of sp³-hybridized carbons (Fsp3) is 0.0833. The molecule has 0 atom stereocenters. The van der Waals surface area contributed by atoms with Crippen LogP contribution in [-0.2, 0) is 21.5 Å². The minimum Gasteiger partial charge on any atom is -0.497 e. The second kappa shape index (κ2) is 9.51. The third-order valence-corrected chi connectivity index (χ3v) is 6.94. The Morgan fingerprint density at radius 3 is 2.33 bits per heavy atom. The normalized spacial score (nSPS) is 15.2. The Bertz CT molecular complexity index is 1320. The van der Waals surface area contributed by atoms with E-state index in [2.05, 4.69) is 0 Å². The molecule has 1 saturated heterocycles. The molecule has 0 radical (unpaired) electrons. The first-order valence-corrected chi connectivity index (χ1v) is 12.1. The van der Waals surface area contributed by atoms with Gasteiger partial charge in [0.15, 0.2) is 0 Å². The molecule has 2 amide bonds. The molecule has 168 valence electrons. The lowest BCUT2D eigenvalue weighted by Crippen LogP contribution is -2.27. The SMILES string of the molecule is COc1ccc(S(=O)(=O)Oc2cccc(/C=C3\SC(=O)N(Cc4ccccc4)C3=O)c2)cc1. The van der Waals surface area contributed by atoms with E-state index in [-0.39, 0.29) is 27.3 Å². The highest BCUT2D eigenvalue weighted by Crippen LogP contribution is 2.34. The fourth-order valence-corrected chi connectivity index (χ4v) is 4.89. The van der Waals surface area contributed by atoms with E-state index in [0.717, 1.165) is 17.3 Å². The Labute approximate surface area is 195 Å². The molecule has 1 heterocycles. The van der Waals surface area contributed by atoms with E-state index in [0.29, 0.717) is 11.3 Å². The van der Waals surface area contributed by atoms with Crippen LogP contribution in [0.4, 0.5) is 4.79 Å². The van der Waals surface area contributed by atoms with Crippen LogP contribution in [0.2, 0.25) is 0 Å². The number of amides is 2. The Kier molecular flexibility index (Phi) is 6.52. The lowest BCUT2D eigenvalue weighted by molar-refractivity contribution is -0.123. The number of imide groups is 1. The first-order valence-electron chi connectivity index (χ1n) is 9.83. The number of methoxy groups -OCH3 is 1. The third-order valence-electron chi connectivity index (χ3n) is 4.77. The summed E-state index contributed by atoms with van der Waals surface area (Å²) < 4.78 is 35.4. The van der Waals surface area contributed by atoms with Crippen LogP contribution in [0.25, 0.3) is 6.08 Å². The Hall–Kier alpha value is -3.56. The molecule has 0 unspecified atom stereocenters. The average molecular weight is 482 g/mol. The average Bonchev–Trinajstić information content (AvgIpc) is 3.07. The molecule has 4 rings (SSSR count). The van der Waals surface area contributed by atoms with Crippen molar-refractivity contribution in [1.82, 2.24) is 4.90 Å². The molecule has 0 bridgehead atoms. The van der Waals surface area contributed by atoms with Gasteiger partial charge in [0.1, 0.15) is 16.4 Å². The Morgan fingerprint density at radius 2 is 1.64 bits per heavy atom. The van der Waals surface area contributed by atoms with Gasteiger partial charge in [-0.2, -0.15) is 8.42 Å². The molecule has 1 aliphatic heterocycles. The minimum atomic E-state index is -4.06. The molecule has 0 aliphatic carbocycles. The summed E-state index contributed by atoms with van der Waals surface area (Å²) in [6, 6.07) is 21.4. The van der Waals surface area contributed by atoms with Gasteiger partial charge in [0.05, 0.1) is 18.6 Å². The lowest BCUT2D eigenvalue weighted by atomic mass is 10.2. The molecule has 7 nitrogen and oxygen atoms in total. The van der Waals surface area contributed by atoms with Crippen molar-refractivity contribution in [2.45, 2.75) is 11.4 Å². The van der Waals surface area contributed by atoms with E-state index >= 15 is 0 Å². The first-order chi connectivity index (χ1) is 15.9. The third kappa shape index (κ3) is 5.27.